The van der Waals surface area contributed by atoms with Crippen LogP contribution in [0, 0.1) is 0 Å². The molecule has 0 bridgehead atoms. The highest BCUT2D eigenvalue weighted by Gasteiger charge is 1.97. The highest BCUT2D eigenvalue weighted by atomic mass is 16.4. The van der Waals surface area contributed by atoms with Crippen LogP contribution in [0.15, 0.2) is 0 Å². The minimum absolute atomic E-state index is 0.345. The normalized spacial score (nSPS) is 10.6. The largest absolute Gasteiger partial charge is 0.481 e. The van der Waals surface area contributed by atoms with Crippen molar-refractivity contribution in [3.8, 4) is 0 Å². The number of carboxylic acids is 1. The van der Waals surface area contributed by atoms with Gasteiger partial charge in [0.25, 0.3) is 0 Å². The van der Waals surface area contributed by atoms with Gasteiger partial charge in [-0.15, -0.1) is 0 Å². The van der Waals surface area contributed by atoms with Crippen molar-refractivity contribution in [3.63, 3.8) is 0 Å². The molecule has 0 spiro atoms. The van der Waals surface area contributed by atoms with Gasteiger partial charge in [-0.1, -0.05) is 142 Å². The fraction of sp³-hybridized carbons (Fsp3) is 0.963. The smallest absolute Gasteiger partial charge is 0.303 e. The molecule has 0 aromatic heterocycles. The van der Waals surface area contributed by atoms with Crippen LogP contribution in [0.25, 0.3) is 0 Å². The van der Waals surface area contributed by atoms with E-state index in [1.54, 1.807) is 0 Å². The van der Waals surface area contributed by atoms with Gasteiger partial charge in [0.1, 0.15) is 0 Å². The average Bonchev–Trinajstić information content (AvgIpc) is 2.74. The molecule has 0 radical (unpaired) electrons. The molecule has 0 amide bonds. The Bertz CT molecular complexity index is 299. The summed E-state index contributed by atoms with van der Waals surface area (Å²) in [5, 5.41) is 8.52. The number of carboxylic acid groups (broad SMARTS) is 1. The van der Waals surface area contributed by atoms with E-state index in [4.69, 9.17) is 10.8 Å². The van der Waals surface area contributed by atoms with E-state index in [1.807, 2.05) is 0 Å². The van der Waals surface area contributed by atoms with Crippen LogP contribution in [0.5, 0.6) is 0 Å². The van der Waals surface area contributed by atoms with E-state index in [9.17, 15) is 4.79 Å². The van der Waals surface area contributed by atoms with Gasteiger partial charge in [-0.2, -0.15) is 0 Å². The van der Waals surface area contributed by atoms with Crippen LogP contribution >= 0.6 is 0 Å². The van der Waals surface area contributed by atoms with Crippen molar-refractivity contribution in [2.75, 3.05) is 6.54 Å². The number of rotatable bonds is 23. The fourth-order valence-corrected chi connectivity index (χ4v) is 3.75. The third-order valence-electron chi connectivity index (χ3n) is 5.80. The Morgan fingerprint density at radius 2 is 0.767 bits per heavy atom. The average molecular weight is 428 g/mol. The second kappa shape index (κ2) is 30.6. The summed E-state index contributed by atoms with van der Waals surface area (Å²) in [5.41, 5.74) is 5.37. The standard InChI is InChI=1S/C18H36O2.C9H21N/c1-2-3-4-5-6-7-8-9-10-11-12-13-14-15-16-17-18(19)20;1-2-3-4-5-6-7-8-9-10/h2-17H2,1H3,(H,19,20);2-10H2,1H3. The lowest BCUT2D eigenvalue weighted by Gasteiger charge is -2.03. The fourth-order valence-electron chi connectivity index (χ4n) is 3.75. The van der Waals surface area contributed by atoms with E-state index in [0.29, 0.717) is 6.42 Å². The highest BCUT2D eigenvalue weighted by Crippen LogP contribution is 2.13. The van der Waals surface area contributed by atoms with Crippen LogP contribution in [0.2, 0.25) is 0 Å². The third-order valence-corrected chi connectivity index (χ3v) is 5.80. The van der Waals surface area contributed by atoms with Gasteiger partial charge in [-0.25, -0.2) is 0 Å². The molecule has 3 heteroatoms. The van der Waals surface area contributed by atoms with Crippen molar-refractivity contribution in [2.45, 2.75) is 162 Å². The van der Waals surface area contributed by atoms with Crippen molar-refractivity contribution in [2.24, 2.45) is 5.73 Å². The molecule has 0 saturated heterocycles. The first kappa shape index (κ1) is 31.6. The van der Waals surface area contributed by atoms with Crippen molar-refractivity contribution < 1.29 is 9.90 Å². The van der Waals surface area contributed by atoms with Crippen LogP contribution in [0.3, 0.4) is 0 Å². The summed E-state index contributed by atoms with van der Waals surface area (Å²) in [6.45, 7) is 5.39. The summed E-state index contributed by atoms with van der Waals surface area (Å²) in [5.74, 6) is -0.653. The van der Waals surface area contributed by atoms with E-state index in [2.05, 4.69) is 13.8 Å². The summed E-state index contributed by atoms with van der Waals surface area (Å²) < 4.78 is 0. The summed E-state index contributed by atoms with van der Waals surface area (Å²) in [6.07, 6.45) is 29.7. The molecule has 0 unspecified atom stereocenters. The maximum atomic E-state index is 10.3. The lowest BCUT2D eigenvalue weighted by molar-refractivity contribution is -0.137. The molecule has 0 aromatic carbocycles. The molecule has 0 aromatic rings. The molecule has 0 aliphatic carbocycles. The van der Waals surface area contributed by atoms with Gasteiger partial charge in [0.05, 0.1) is 0 Å². The second-order valence-electron chi connectivity index (χ2n) is 9.00. The first-order valence-electron chi connectivity index (χ1n) is 13.6. The highest BCUT2D eigenvalue weighted by molar-refractivity contribution is 5.66. The summed E-state index contributed by atoms with van der Waals surface area (Å²) in [7, 11) is 0. The number of hydrogen-bond donors (Lipinski definition) is 2. The van der Waals surface area contributed by atoms with Crippen LogP contribution in [0.1, 0.15) is 162 Å². The Morgan fingerprint density at radius 1 is 0.500 bits per heavy atom. The van der Waals surface area contributed by atoms with Crippen molar-refractivity contribution in [1.82, 2.24) is 0 Å². The Balaban J connectivity index is 0. The van der Waals surface area contributed by atoms with Gasteiger partial charge >= 0.3 is 5.97 Å². The van der Waals surface area contributed by atoms with Gasteiger partial charge < -0.3 is 10.8 Å². The molecule has 3 N–H and O–H groups in total. The van der Waals surface area contributed by atoms with Gasteiger partial charge in [0.2, 0.25) is 0 Å². The zero-order valence-corrected chi connectivity index (χ0v) is 20.9. The molecule has 0 rings (SSSR count). The molecular weight excluding hydrogens is 370 g/mol. The Labute approximate surface area is 190 Å². The Kier molecular flexibility index (Phi) is 32.3. The van der Waals surface area contributed by atoms with E-state index >= 15 is 0 Å². The molecule has 3 nitrogen and oxygen atoms in total. The van der Waals surface area contributed by atoms with Crippen molar-refractivity contribution in [1.29, 1.82) is 0 Å². The molecule has 0 aliphatic heterocycles. The SMILES string of the molecule is CCCCCCCCCCCCCCCCCC(=O)O.CCCCCCCCCN. The molecule has 0 atom stereocenters. The topological polar surface area (TPSA) is 63.3 Å². The zero-order valence-electron chi connectivity index (χ0n) is 20.9. The van der Waals surface area contributed by atoms with E-state index in [-0.39, 0.29) is 0 Å². The number of unbranched alkanes of at least 4 members (excludes halogenated alkanes) is 20. The Morgan fingerprint density at radius 3 is 1.03 bits per heavy atom. The first-order chi connectivity index (χ1) is 14.7. The number of hydrogen-bond acceptors (Lipinski definition) is 2. The lowest BCUT2D eigenvalue weighted by Crippen LogP contribution is -1.97. The molecule has 0 aliphatic rings. The van der Waals surface area contributed by atoms with E-state index in [1.165, 1.54) is 128 Å². The molecule has 30 heavy (non-hydrogen) atoms. The van der Waals surface area contributed by atoms with Crippen LogP contribution < -0.4 is 5.73 Å². The third kappa shape index (κ3) is 34.9. The van der Waals surface area contributed by atoms with Gasteiger partial charge in [0, 0.05) is 6.42 Å². The summed E-state index contributed by atoms with van der Waals surface area (Å²) in [6, 6.07) is 0. The second-order valence-corrected chi connectivity index (χ2v) is 9.00. The maximum Gasteiger partial charge on any atom is 0.303 e. The van der Waals surface area contributed by atoms with Gasteiger partial charge in [-0.3, -0.25) is 4.79 Å². The minimum Gasteiger partial charge on any atom is -0.481 e. The molecule has 0 saturated carbocycles. The van der Waals surface area contributed by atoms with Crippen molar-refractivity contribution >= 4 is 5.97 Å². The zero-order chi connectivity index (χ0) is 22.5. The molecule has 0 heterocycles. The number of aliphatic carboxylic acids is 1. The van der Waals surface area contributed by atoms with E-state index in [0.717, 1.165) is 19.4 Å². The predicted octanol–water partition coefficient (Wildman–Crippen LogP) is 9.03. The maximum absolute atomic E-state index is 10.3. The van der Waals surface area contributed by atoms with Gasteiger partial charge in [-0.05, 0) is 19.4 Å². The van der Waals surface area contributed by atoms with Crippen molar-refractivity contribution in [3.05, 3.63) is 0 Å². The summed E-state index contributed by atoms with van der Waals surface area (Å²) in [4.78, 5) is 10.3. The molecule has 182 valence electrons. The predicted molar refractivity (Wildman–Crippen MR) is 134 cm³/mol. The number of carbonyl (C=O) groups is 1. The van der Waals surface area contributed by atoms with Gasteiger partial charge in [0.15, 0.2) is 0 Å². The molecule has 0 fully saturated rings. The molecular formula is C27H57NO2. The van der Waals surface area contributed by atoms with Crippen LogP contribution in [0.4, 0.5) is 0 Å². The summed E-state index contributed by atoms with van der Waals surface area (Å²) >= 11 is 0. The minimum atomic E-state index is -0.653. The first-order valence-corrected chi connectivity index (χ1v) is 13.6. The van der Waals surface area contributed by atoms with E-state index < -0.39 is 5.97 Å². The monoisotopic (exact) mass is 427 g/mol. The Hall–Kier alpha value is -0.570. The quantitative estimate of drug-likeness (QED) is 0.160. The number of nitrogens with two attached hydrogens (primary N) is 1. The van der Waals surface area contributed by atoms with Crippen LogP contribution in [-0.2, 0) is 4.79 Å². The lowest BCUT2D eigenvalue weighted by atomic mass is 10.0. The van der Waals surface area contributed by atoms with Crippen LogP contribution in [-0.4, -0.2) is 17.6 Å².